The summed E-state index contributed by atoms with van der Waals surface area (Å²) in [5.74, 6) is 1.50. The molecule has 27 heavy (non-hydrogen) atoms. The first-order valence-corrected chi connectivity index (χ1v) is 9.81. The third-order valence-electron chi connectivity index (χ3n) is 4.13. The molecule has 1 heterocycles. The number of thiocarbonyl (C=S) groups is 1. The van der Waals surface area contributed by atoms with Crippen LogP contribution in [0.2, 0.25) is 0 Å². The molecule has 1 saturated heterocycles. The van der Waals surface area contributed by atoms with E-state index in [1.807, 2.05) is 56.3 Å². The van der Waals surface area contributed by atoms with Crippen LogP contribution < -0.4 is 9.47 Å². The molecule has 0 aromatic heterocycles. The summed E-state index contributed by atoms with van der Waals surface area (Å²) in [6.07, 6.45) is 1.82. The lowest BCUT2D eigenvalue weighted by molar-refractivity contribution is -0.121. The van der Waals surface area contributed by atoms with Gasteiger partial charge in [0, 0.05) is 12.6 Å². The number of thioether (sulfide) groups is 1. The van der Waals surface area contributed by atoms with Crippen molar-refractivity contribution in [3.8, 4) is 11.5 Å². The molecule has 0 bridgehead atoms. The zero-order valence-electron chi connectivity index (χ0n) is 15.5. The second-order valence-corrected chi connectivity index (χ2v) is 7.92. The van der Waals surface area contributed by atoms with Crippen LogP contribution in [0.25, 0.3) is 6.08 Å². The highest BCUT2D eigenvalue weighted by Gasteiger charge is 2.28. The number of aryl methyl sites for hydroxylation is 2. The average molecular weight is 400 g/mol. The Kier molecular flexibility index (Phi) is 6.19. The number of benzene rings is 2. The summed E-state index contributed by atoms with van der Waals surface area (Å²) in [6, 6.07) is 13.8. The first-order chi connectivity index (χ1) is 13.0. The Morgan fingerprint density at radius 2 is 1.78 bits per heavy atom. The Bertz CT molecular complexity index is 908. The van der Waals surface area contributed by atoms with E-state index >= 15 is 0 Å². The number of rotatable bonds is 6. The van der Waals surface area contributed by atoms with Crippen LogP contribution >= 0.6 is 24.0 Å². The van der Waals surface area contributed by atoms with E-state index in [1.165, 1.54) is 16.7 Å². The third kappa shape index (κ3) is 4.70. The van der Waals surface area contributed by atoms with Gasteiger partial charge in [-0.1, -0.05) is 54.3 Å². The van der Waals surface area contributed by atoms with Crippen LogP contribution in [-0.2, 0) is 4.79 Å². The van der Waals surface area contributed by atoms with Gasteiger partial charge >= 0.3 is 0 Å². The molecular weight excluding hydrogens is 378 g/mol. The van der Waals surface area contributed by atoms with Crippen molar-refractivity contribution in [1.82, 2.24) is 4.90 Å². The molecule has 0 spiro atoms. The van der Waals surface area contributed by atoms with E-state index in [2.05, 4.69) is 6.07 Å². The van der Waals surface area contributed by atoms with Gasteiger partial charge in [0.15, 0.2) is 0 Å². The van der Waals surface area contributed by atoms with Gasteiger partial charge in [-0.3, -0.25) is 9.69 Å². The van der Waals surface area contributed by atoms with E-state index in [0.29, 0.717) is 28.2 Å². The van der Waals surface area contributed by atoms with Crippen LogP contribution in [-0.4, -0.2) is 35.4 Å². The Morgan fingerprint density at radius 1 is 1.07 bits per heavy atom. The Hall–Kier alpha value is -2.31. The normalized spacial score (nSPS) is 15.5. The quantitative estimate of drug-likeness (QED) is 0.403. The van der Waals surface area contributed by atoms with Crippen molar-refractivity contribution < 1.29 is 14.3 Å². The molecule has 0 N–H and O–H groups in total. The highest BCUT2D eigenvalue weighted by molar-refractivity contribution is 8.26. The molecule has 0 saturated carbocycles. The van der Waals surface area contributed by atoms with Gasteiger partial charge in [-0.2, -0.15) is 0 Å². The number of carbonyl (C=O) groups excluding carboxylic acids is 1. The summed E-state index contributed by atoms with van der Waals surface area (Å²) in [4.78, 5) is 14.3. The van der Waals surface area contributed by atoms with Gasteiger partial charge < -0.3 is 9.47 Å². The second kappa shape index (κ2) is 8.59. The molecule has 1 aliphatic heterocycles. The van der Waals surface area contributed by atoms with E-state index in [-0.39, 0.29) is 5.91 Å². The summed E-state index contributed by atoms with van der Waals surface area (Å²) in [7, 11) is 1.69. The van der Waals surface area contributed by atoms with E-state index in [9.17, 15) is 4.79 Å². The second-order valence-electron chi connectivity index (χ2n) is 6.24. The summed E-state index contributed by atoms with van der Waals surface area (Å²) in [6.45, 7) is 4.91. The van der Waals surface area contributed by atoms with Crippen LogP contribution in [0, 0.1) is 13.8 Å². The van der Waals surface area contributed by atoms with Gasteiger partial charge in [-0.25, -0.2) is 0 Å². The highest BCUT2D eigenvalue weighted by atomic mass is 32.2. The number of likely N-dealkylation sites (N-methyl/N-ethyl adjacent to an activating group) is 1. The molecule has 2 aromatic rings. The fraction of sp³-hybridized carbons (Fsp3) is 0.238. The molecular formula is C21H21NO3S2. The van der Waals surface area contributed by atoms with Crippen LogP contribution in [0.4, 0.5) is 0 Å². The van der Waals surface area contributed by atoms with Crippen molar-refractivity contribution in [2.24, 2.45) is 0 Å². The maximum Gasteiger partial charge on any atom is 0.265 e. The minimum atomic E-state index is -0.0851. The first kappa shape index (κ1) is 19.5. The minimum Gasteiger partial charge on any atom is -0.490 e. The number of para-hydroxylation sites is 1. The lowest BCUT2D eigenvalue weighted by atomic mass is 10.1. The van der Waals surface area contributed by atoms with Gasteiger partial charge in [0.1, 0.15) is 29.0 Å². The van der Waals surface area contributed by atoms with Crippen molar-refractivity contribution in [3.05, 3.63) is 64.1 Å². The molecule has 3 rings (SSSR count). The molecule has 4 nitrogen and oxygen atoms in total. The lowest BCUT2D eigenvalue weighted by Crippen LogP contribution is -2.22. The molecule has 1 amide bonds. The largest absolute Gasteiger partial charge is 0.490 e. The summed E-state index contributed by atoms with van der Waals surface area (Å²) in [5.41, 5.74) is 3.11. The first-order valence-electron chi connectivity index (χ1n) is 8.59. The predicted octanol–water partition coefficient (Wildman–Crippen LogP) is 4.59. The van der Waals surface area contributed by atoms with E-state index in [1.54, 1.807) is 7.05 Å². The number of carbonyl (C=O) groups is 1. The molecule has 1 aliphatic rings. The highest BCUT2D eigenvalue weighted by Crippen LogP contribution is 2.33. The van der Waals surface area contributed by atoms with Gasteiger partial charge in [0.05, 0.1) is 4.91 Å². The minimum absolute atomic E-state index is 0.0851. The van der Waals surface area contributed by atoms with Crippen LogP contribution in [0.5, 0.6) is 11.5 Å². The summed E-state index contributed by atoms with van der Waals surface area (Å²) in [5, 5.41) is 0. The standard InChI is InChI=1S/C21H21NO3S2/c1-14-8-9-15(2)18(12-14)25-11-10-24-17-7-5-4-6-16(17)13-19-20(23)22(3)21(26)27-19/h4-9,12-13H,10-11H2,1-3H3. The van der Waals surface area contributed by atoms with Crippen LogP contribution in [0.3, 0.4) is 0 Å². The fourth-order valence-electron chi connectivity index (χ4n) is 2.58. The maximum atomic E-state index is 12.2. The number of nitrogens with zero attached hydrogens (tertiary/aromatic N) is 1. The smallest absolute Gasteiger partial charge is 0.265 e. The van der Waals surface area contributed by atoms with Crippen molar-refractivity contribution in [2.75, 3.05) is 20.3 Å². The van der Waals surface area contributed by atoms with Gasteiger partial charge in [-0.05, 0) is 43.2 Å². The maximum absolute atomic E-state index is 12.2. The van der Waals surface area contributed by atoms with Gasteiger partial charge in [0.25, 0.3) is 5.91 Å². The zero-order valence-corrected chi connectivity index (χ0v) is 17.2. The molecule has 140 valence electrons. The molecule has 6 heteroatoms. The Morgan fingerprint density at radius 3 is 2.48 bits per heavy atom. The van der Waals surface area contributed by atoms with Gasteiger partial charge in [-0.15, -0.1) is 0 Å². The molecule has 0 radical (unpaired) electrons. The molecule has 2 aromatic carbocycles. The van der Waals surface area contributed by atoms with Crippen LogP contribution in [0.15, 0.2) is 47.4 Å². The SMILES string of the molecule is Cc1ccc(C)c(OCCOc2ccccc2C=C2SC(=S)N(C)C2=O)c1. The van der Waals surface area contributed by atoms with E-state index in [0.717, 1.165) is 22.4 Å². The molecule has 0 atom stereocenters. The molecule has 0 unspecified atom stereocenters. The van der Waals surface area contributed by atoms with Crippen LogP contribution in [0.1, 0.15) is 16.7 Å². The number of hydrogen-bond donors (Lipinski definition) is 0. The average Bonchev–Trinajstić information content (AvgIpc) is 2.89. The van der Waals surface area contributed by atoms with Crippen molar-refractivity contribution in [3.63, 3.8) is 0 Å². The Labute approximate surface area is 169 Å². The Balaban J connectivity index is 1.64. The van der Waals surface area contributed by atoms with Crippen molar-refractivity contribution in [1.29, 1.82) is 0 Å². The number of ether oxygens (including phenoxy) is 2. The number of amides is 1. The van der Waals surface area contributed by atoms with Gasteiger partial charge in [0.2, 0.25) is 0 Å². The van der Waals surface area contributed by atoms with Crippen molar-refractivity contribution in [2.45, 2.75) is 13.8 Å². The zero-order chi connectivity index (χ0) is 19.4. The van der Waals surface area contributed by atoms with Crippen molar-refractivity contribution >= 4 is 40.3 Å². The predicted molar refractivity (Wildman–Crippen MR) is 114 cm³/mol. The topological polar surface area (TPSA) is 38.8 Å². The number of hydrogen-bond acceptors (Lipinski definition) is 5. The molecule has 0 aliphatic carbocycles. The van der Waals surface area contributed by atoms with E-state index < -0.39 is 0 Å². The van der Waals surface area contributed by atoms with E-state index in [4.69, 9.17) is 21.7 Å². The summed E-state index contributed by atoms with van der Waals surface area (Å²) >= 11 is 6.48. The third-order valence-corrected chi connectivity index (χ3v) is 5.62. The molecule has 1 fully saturated rings. The monoisotopic (exact) mass is 399 g/mol. The lowest BCUT2D eigenvalue weighted by Gasteiger charge is -2.12. The fourth-order valence-corrected chi connectivity index (χ4v) is 3.75. The summed E-state index contributed by atoms with van der Waals surface area (Å²) < 4.78 is 12.3.